The van der Waals surface area contributed by atoms with E-state index in [1.54, 1.807) is 24.3 Å². The molecule has 25 heavy (non-hydrogen) atoms. The largest absolute Gasteiger partial charge is 0.504 e. The molecular formula is C19H22O6. The molecule has 2 aromatic carbocycles. The molecule has 1 N–H and O–H groups in total. The Bertz CT molecular complexity index is 754. The molecule has 6 nitrogen and oxygen atoms in total. The fraction of sp³-hybridized carbons (Fsp3) is 0.316. The fourth-order valence-electron chi connectivity index (χ4n) is 2.63. The van der Waals surface area contributed by atoms with E-state index >= 15 is 0 Å². The number of carbonyl (C=O) groups excluding carboxylic acids is 1. The van der Waals surface area contributed by atoms with Gasteiger partial charge in [0, 0.05) is 5.56 Å². The summed E-state index contributed by atoms with van der Waals surface area (Å²) < 4.78 is 20.5. The van der Waals surface area contributed by atoms with Gasteiger partial charge in [0.25, 0.3) is 0 Å². The van der Waals surface area contributed by atoms with E-state index in [0.29, 0.717) is 35.5 Å². The molecule has 0 aliphatic heterocycles. The third-order valence-corrected chi connectivity index (χ3v) is 3.91. The minimum absolute atomic E-state index is 0.0178. The Balaban J connectivity index is 2.28. The van der Waals surface area contributed by atoms with Crippen LogP contribution in [0.3, 0.4) is 0 Å². The van der Waals surface area contributed by atoms with Gasteiger partial charge in [-0.05, 0) is 36.6 Å². The monoisotopic (exact) mass is 346 g/mol. The van der Waals surface area contributed by atoms with E-state index in [9.17, 15) is 9.90 Å². The number of phenolic OH excluding ortho intramolecular Hbond substituents is 1. The normalized spacial score (nSPS) is 10.2. The summed E-state index contributed by atoms with van der Waals surface area (Å²) in [7, 11) is 5.82. The van der Waals surface area contributed by atoms with Crippen LogP contribution in [0.2, 0.25) is 0 Å². The third kappa shape index (κ3) is 3.96. The lowest BCUT2D eigenvalue weighted by atomic mass is 10.0. The van der Waals surface area contributed by atoms with Crippen molar-refractivity contribution in [3.8, 4) is 23.0 Å². The van der Waals surface area contributed by atoms with Gasteiger partial charge in [-0.3, -0.25) is 0 Å². The van der Waals surface area contributed by atoms with Gasteiger partial charge in [0.2, 0.25) is 11.5 Å². The highest BCUT2D eigenvalue weighted by molar-refractivity contribution is 5.89. The van der Waals surface area contributed by atoms with Crippen LogP contribution in [0.1, 0.15) is 21.5 Å². The molecule has 134 valence electrons. The molecule has 0 radical (unpaired) electrons. The minimum Gasteiger partial charge on any atom is -0.504 e. The second-order valence-electron chi connectivity index (χ2n) is 5.35. The Labute approximate surface area is 146 Å². The summed E-state index contributed by atoms with van der Waals surface area (Å²) in [6, 6.07) is 8.92. The van der Waals surface area contributed by atoms with E-state index in [-0.39, 0.29) is 17.5 Å². The molecule has 0 aromatic heterocycles. The van der Waals surface area contributed by atoms with Crippen molar-refractivity contribution in [3.05, 3.63) is 47.0 Å². The molecule has 0 unspecified atom stereocenters. The summed E-state index contributed by atoms with van der Waals surface area (Å²) >= 11 is 0. The van der Waals surface area contributed by atoms with Gasteiger partial charge in [0.05, 0.1) is 34.0 Å². The molecule has 0 heterocycles. The molecule has 0 spiro atoms. The number of aryl methyl sites for hydroxylation is 2. The number of aromatic hydroxyl groups is 1. The Kier molecular flexibility index (Phi) is 6.11. The van der Waals surface area contributed by atoms with Crippen molar-refractivity contribution < 1.29 is 28.8 Å². The summed E-state index contributed by atoms with van der Waals surface area (Å²) in [5.41, 5.74) is 2.11. The summed E-state index contributed by atoms with van der Waals surface area (Å²) in [5.74, 6) is 0.705. The van der Waals surface area contributed by atoms with Crippen LogP contribution in [-0.4, -0.2) is 39.5 Å². The van der Waals surface area contributed by atoms with Crippen molar-refractivity contribution >= 4 is 5.97 Å². The van der Waals surface area contributed by atoms with Gasteiger partial charge in [-0.2, -0.15) is 0 Å². The fourth-order valence-corrected chi connectivity index (χ4v) is 2.63. The van der Waals surface area contributed by atoms with Crippen molar-refractivity contribution in [1.29, 1.82) is 0 Å². The van der Waals surface area contributed by atoms with Gasteiger partial charge in [-0.15, -0.1) is 0 Å². The lowest BCUT2D eigenvalue weighted by molar-refractivity contribution is 0.0600. The number of esters is 1. The summed E-state index contributed by atoms with van der Waals surface area (Å²) in [5, 5.41) is 10.4. The molecule has 2 aromatic rings. The number of phenols is 1. The van der Waals surface area contributed by atoms with Crippen LogP contribution in [0.15, 0.2) is 30.3 Å². The van der Waals surface area contributed by atoms with Gasteiger partial charge in [0.1, 0.15) is 0 Å². The molecule has 2 rings (SSSR count). The smallest absolute Gasteiger partial charge is 0.337 e. The zero-order chi connectivity index (χ0) is 18.4. The molecule has 0 atom stereocenters. The Morgan fingerprint density at radius 2 is 1.68 bits per heavy atom. The van der Waals surface area contributed by atoms with Gasteiger partial charge in [0.15, 0.2) is 11.5 Å². The van der Waals surface area contributed by atoms with Crippen LogP contribution in [0.5, 0.6) is 23.0 Å². The van der Waals surface area contributed by atoms with Crippen molar-refractivity contribution in [1.82, 2.24) is 0 Å². The van der Waals surface area contributed by atoms with Gasteiger partial charge >= 0.3 is 5.97 Å². The highest BCUT2D eigenvalue weighted by atomic mass is 16.5. The van der Waals surface area contributed by atoms with E-state index in [1.165, 1.54) is 28.4 Å². The number of methoxy groups -OCH3 is 4. The number of hydrogen-bond acceptors (Lipinski definition) is 6. The lowest BCUT2D eigenvalue weighted by Gasteiger charge is -2.16. The van der Waals surface area contributed by atoms with E-state index in [0.717, 1.165) is 5.56 Å². The van der Waals surface area contributed by atoms with Crippen LogP contribution >= 0.6 is 0 Å². The first kappa shape index (κ1) is 18.4. The van der Waals surface area contributed by atoms with Crippen LogP contribution in [-0.2, 0) is 17.6 Å². The average Bonchev–Trinajstić information content (AvgIpc) is 2.65. The van der Waals surface area contributed by atoms with E-state index in [4.69, 9.17) is 18.9 Å². The maximum absolute atomic E-state index is 11.6. The molecule has 0 aliphatic carbocycles. The zero-order valence-corrected chi connectivity index (χ0v) is 14.8. The molecule has 0 fully saturated rings. The maximum Gasteiger partial charge on any atom is 0.337 e. The summed E-state index contributed by atoms with van der Waals surface area (Å²) in [6.07, 6.45) is 1.16. The average molecular weight is 346 g/mol. The Morgan fingerprint density at radius 1 is 0.960 bits per heavy atom. The standard InChI is InChI=1S/C19H22O6/c1-22-15-11-13(16(20)18(24-3)17(15)23-2)9-8-12-6-5-7-14(10-12)19(21)25-4/h5-7,10-11,20H,8-9H2,1-4H3. The minimum atomic E-state index is -0.377. The molecule has 0 saturated heterocycles. The van der Waals surface area contributed by atoms with Crippen LogP contribution in [0.25, 0.3) is 0 Å². The first-order valence-electron chi connectivity index (χ1n) is 7.73. The molecule has 0 saturated carbocycles. The van der Waals surface area contributed by atoms with E-state index < -0.39 is 0 Å². The van der Waals surface area contributed by atoms with Crippen LogP contribution in [0.4, 0.5) is 0 Å². The SMILES string of the molecule is COC(=O)c1cccc(CCc2cc(OC)c(OC)c(OC)c2O)c1. The van der Waals surface area contributed by atoms with Crippen molar-refractivity contribution in [3.63, 3.8) is 0 Å². The molecule has 6 heteroatoms. The maximum atomic E-state index is 11.6. The second kappa shape index (κ2) is 8.28. The quantitative estimate of drug-likeness (QED) is 0.777. The molecule has 0 aliphatic rings. The topological polar surface area (TPSA) is 74.2 Å². The number of benzene rings is 2. The number of carbonyl (C=O) groups is 1. The van der Waals surface area contributed by atoms with Crippen molar-refractivity contribution in [2.75, 3.05) is 28.4 Å². The van der Waals surface area contributed by atoms with Gasteiger partial charge in [-0.1, -0.05) is 12.1 Å². The van der Waals surface area contributed by atoms with Gasteiger partial charge < -0.3 is 24.1 Å². The molecule has 0 bridgehead atoms. The summed E-state index contributed by atoms with van der Waals surface area (Å²) in [4.78, 5) is 11.6. The first-order valence-corrected chi connectivity index (χ1v) is 7.73. The Hall–Kier alpha value is -2.89. The first-order chi connectivity index (χ1) is 12.0. The second-order valence-corrected chi connectivity index (χ2v) is 5.35. The summed E-state index contributed by atoms with van der Waals surface area (Å²) in [6.45, 7) is 0. The van der Waals surface area contributed by atoms with E-state index in [1.807, 2.05) is 6.07 Å². The van der Waals surface area contributed by atoms with Crippen molar-refractivity contribution in [2.45, 2.75) is 12.8 Å². The lowest BCUT2D eigenvalue weighted by Crippen LogP contribution is -2.03. The highest BCUT2D eigenvalue weighted by Crippen LogP contribution is 2.46. The third-order valence-electron chi connectivity index (χ3n) is 3.91. The predicted molar refractivity (Wildman–Crippen MR) is 93.0 cm³/mol. The van der Waals surface area contributed by atoms with E-state index in [2.05, 4.69) is 0 Å². The number of ether oxygens (including phenoxy) is 4. The van der Waals surface area contributed by atoms with Crippen LogP contribution in [0, 0.1) is 0 Å². The number of rotatable bonds is 7. The molecular weight excluding hydrogens is 324 g/mol. The molecule has 0 amide bonds. The van der Waals surface area contributed by atoms with Crippen LogP contribution < -0.4 is 14.2 Å². The van der Waals surface area contributed by atoms with Crippen molar-refractivity contribution in [2.24, 2.45) is 0 Å². The Morgan fingerprint density at radius 3 is 2.28 bits per heavy atom. The predicted octanol–water partition coefficient (Wildman–Crippen LogP) is 2.99. The highest BCUT2D eigenvalue weighted by Gasteiger charge is 2.20. The zero-order valence-electron chi connectivity index (χ0n) is 14.8. The van der Waals surface area contributed by atoms with Gasteiger partial charge in [-0.25, -0.2) is 4.79 Å². The number of hydrogen-bond donors (Lipinski definition) is 1.